The normalized spacial score (nSPS) is 9.77. The molecule has 0 saturated carbocycles. The Morgan fingerprint density at radius 3 is 2.54 bits per heavy atom. The van der Waals surface area contributed by atoms with Gasteiger partial charge in [0.15, 0.2) is 0 Å². The lowest BCUT2D eigenvalue weighted by Gasteiger charge is -2.06. The van der Waals surface area contributed by atoms with Crippen LogP contribution in [0.25, 0.3) is 5.70 Å². The van der Waals surface area contributed by atoms with Gasteiger partial charge in [0, 0.05) is 11.9 Å². The van der Waals surface area contributed by atoms with Crippen molar-refractivity contribution in [3.63, 3.8) is 0 Å². The Kier molecular flexibility index (Phi) is 2.51. The highest BCUT2D eigenvalue weighted by Crippen LogP contribution is 2.06. The van der Waals surface area contributed by atoms with Gasteiger partial charge in [-0.15, -0.1) is 0 Å². The molecule has 0 atom stereocenters. The quantitative estimate of drug-likeness (QED) is 0.702. The average molecular weight is 179 g/mol. The first kappa shape index (κ1) is 9.51. The fourth-order valence-corrected chi connectivity index (χ4v) is 0.912. The summed E-state index contributed by atoms with van der Waals surface area (Å²) in [4.78, 5) is 15.0. The topological polar surface area (TPSA) is 60.9 Å². The zero-order valence-electron chi connectivity index (χ0n) is 8.03. The number of anilines is 1. The number of nitrogens with zero attached hydrogens (tertiary/aromatic N) is 2. The van der Waals surface area contributed by atoms with E-state index in [1.165, 1.54) is 4.57 Å². The van der Waals surface area contributed by atoms with Crippen molar-refractivity contribution in [1.29, 1.82) is 0 Å². The van der Waals surface area contributed by atoms with Crippen LogP contribution in [0.2, 0.25) is 0 Å². The lowest BCUT2D eigenvalue weighted by molar-refractivity contribution is 0.922. The highest BCUT2D eigenvalue weighted by Gasteiger charge is 2.00. The Balaban J connectivity index is 3.34. The second-order valence-electron chi connectivity index (χ2n) is 3.09. The van der Waals surface area contributed by atoms with Gasteiger partial charge in [-0.25, -0.2) is 4.79 Å². The fraction of sp³-hybridized carbons (Fsp3) is 0.333. The Morgan fingerprint density at radius 2 is 2.08 bits per heavy atom. The summed E-state index contributed by atoms with van der Waals surface area (Å²) in [6.45, 7) is 5.75. The van der Waals surface area contributed by atoms with Crippen molar-refractivity contribution in [2.45, 2.75) is 20.8 Å². The van der Waals surface area contributed by atoms with Crippen molar-refractivity contribution in [3.05, 3.63) is 28.3 Å². The Hall–Kier alpha value is -1.58. The van der Waals surface area contributed by atoms with E-state index in [9.17, 15) is 4.79 Å². The van der Waals surface area contributed by atoms with E-state index in [-0.39, 0.29) is 11.5 Å². The summed E-state index contributed by atoms with van der Waals surface area (Å²) in [5.41, 5.74) is 6.99. The molecule has 0 unspecified atom stereocenters. The summed E-state index contributed by atoms with van der Waals surface area (Å²) in [5, 5.41) is 0. The highest BCUT2D eigenvalue weighted by molar-refractivity contribution is 5.46. The number of aromatic nitrogens is 2. The minimum absolute atomic E-state index is 0.253. The van der Waals surface area contributed by atoms with Crippen LogP contribution in [0.4, 0.5) is 5.82 Å². The Bertz CT molecular complexity index is 400. The van der Waals surface area contributed by atoms with Crippen molar-refractivity contribution in [2.75, 3.05) is 5.73 Å². The molecular weight excluding hydrogens is 166 g/mol. The van der Waals surface area contributed by atoms with Gasteiger partial charge in [-0.2, -0.15) is 4.98 Å². The molecule has 0 saturated heterocycles. The molecule has 0 radical (unpaired) electrons. The van der Waals surface area contributed by atoms with Crippen LogP contribution in [0.1, 0.15) is 20.8 Å². The molecule has 1 aromatic heterocycles. The molecule has 0 spiro atoms. The van der Waals surface area contributed by atoms with E-state index in [2.05, 4.69) is 4.98 Å². The van der Waals surface area contributed by atoms with Crippen LogP contribution in [0.15, 0.2) is 22.6 Å². The average Bonchev–Trinajstić information content (AvgIpc) is 2.03. The lowest BCUT2D eigenvalue weighted by Crippen LogP contribution is -2.22. The van der Waals surface area contributed by atoms with Crippen LogP contribution in [-0.2, 0) is 0 Å². The van der Waals surface area contributed by atoms with Gasteiger partial charge < -0.3 is 5.73 Å². The third kappa shape index (κ3) is 1.96. The van der Waals surface area contributed by atoms with Crippen LogP contribution < -0.4 is 11.4 Å². The van der Waals surface area contributed by atoms with Crippen LogP contribution in [0.3, 0.4) is 0 Å². The largest absolute Gasteiger partial charge is 0.383 e. The SMILES string of the molecule is CC(C)=C(C)n1ccc(N)nc1=O. The van der Waals surface area contributed by atoms with Crippen molar-refractivity contribution in [2.24, 2.45) is 0 Å². The molecule has 0 bridgehead atoms. The molecule has 4 heteroatoms. The Labute approximate surface area is 76.7 Å². The minimum atomic E-state index is -0.335. The molecule has 70 valence electrons. The first-order chi connectivity index (χ1) is 6.02. The summed E-state index contributed by atoms with van der Waals surface area (Å²) < 4.78 is 1.48. The van der Waals surface area contributed by atoms with Crippen LogP contribution in [-0.4, -0.2) is 9.55 Å². The van der Waals surface area contributed by atoms with E-state index < -0.39 is 0 Å². The Morgan fingerprint density at radius 1 is 1.46 bits per heavy atom. The van der Waals surface area contributed by atoms with E-state index in [0.29, 0.717) is 0 Å². The lowest BCUT2D eigenvalue weighted by atomic mass is 10.3. The number of allylic oxidation sites excluding steroid dienone is 2. The maximum atomic E-state index is 11.3. The zero-order chi connectivity index (χ0) is 10.0. The van der Waals surface area contributed by atoms with E-state index in [4.69, 9.17) is 5.73 Å². The third-order valence-electron chi connectivity index (χ3n) is 1.91. The van der Waals surface area contributed by atoms with E-state index >= 15 is 0 Å². The van der Waals surface area contributed by atoms with Crippen molar-refractivity contribution < 1.29 is 0 Å². The predicted octanol–water partition coefficient (Wildman–Crippen LogP) is 1.10. The van der Waals surface area contributed by atoms with E-state index in [0.717, 1.165) is 11.3 Å². The standard InChI is InChI=1S/C9H13N3O/c1-6(2)7(3)12-5-4-8(10)11-9(12)13/h4-5H,1-3H3,(H2,10,11,13). The number of nitrogens with two attached hydrogens (primary N) is 1. The van der Waals surface area contributed by atoms with Gasteiger partial charge in [0.25, 0.3) is 0 Å². The summed E-state index contributed by atoms with van der Waals surface area (Å²) in [7, 11) is 0. The van der Waals surface area contributed by atoms with Crippen LogP contribution in [0, 0.1) is 0 Å². The number of nitrogen functional groups attached to an aromatic ring is 1. The van der Waals surface area contributed by atoms with Gasteiger partial charge in [0.2, 0.25) is 0 Å². The van der Waals surface area contributed by atoms with Gasteiger partial charge in [0.1, 0.15) is 5.82 Å². The van der Waals surface area contributed by atoms with Crippen LogP contribution >= 0.6 is 0 Å². The molecule has 1 heterocycles. The minimum Gasteiger partial charge on any atom is -0.383 e. The first-order valence-corrected chi connectivity index (χ1v) is 4.02. The number of hydrogen-bond acceptors (Lipinski definition) is 3. The van der Waals surface area contributed by atoms with Gasteiger partial charge in [0.05, 0.1) is 0 Å². The fourth-order valence-electron chi connectivity index (χ4n) is 0.912. The maximum Gasteiger partial charge on any atom is 0.353 e. The highest BCUT2D eigenvalue weighted by atomic mass is 16.1. The summed E-state index contributed by atoms with van der Waals surface area (Å²) in [5.74, 6) is 0.253. The van der Waals surface area contributed by atoms with Crippen molar-refractivity contribution in [3.8, 4) is 0 Å². The monoisotopic (exact) mass is 179 g/mol. The maximum absolute atomic E-state index is 11.3. The molecule has 0 aromatic carbocycles. The zero-order valence-corrected chi connectivity index (χ0v) is 8.03. The van der Waals surface area contributed by atoms with E-state index in [1.807, 2.05) is 20.8 Å². The molecule has 0 aliphatic heterocycles. The summed E-state index contributed by atoms with van der Waals surface area (Å²) >= 11 is 0. The second-order valence-corrected chi connectivity index (χ2v) is 3.09. The molecule has 0 amide bonds. The first-order valence-electron chi connectivity index (χ1n) is 4.02. The molecule has 2 N–H and O–H groups in total. The molecular formula is C9H13N3O. The van der Waals surface area contributed by atoms with Gasteiger partial charge in [-0.1, -0.05) is 5.57 Å². The summed E-state index contributed by atoms with van der Waals surface area (Å²) in [6.07, 6.45) is 1.63. The second kappa shape index (κ2) is 3.43. The molecule has 4 nitrogen and oxygen atoms in total. The molecule has 0 aliphatic rings. The summed E-state index contributed by atoms with van der Waals surface area (Å²) in [6, 6.07) is 1.60. The van der Waals surface area contributed by atoms with Gasteiger partial charge in [-0.3, -0.25) is 4.57 Å². The van der Waals surface area contributed by atoms with Crippen molar-refractivity contribution in [1.82, 2.24) is 9.55 Å². The van der Waals surface area contributed by atoms with Crippen molar-refractivity contribution >= 4 is 11.5 Å². The van der Waals surface area contributed by atoms with Crippen LogP contribution in [0.5, 0.6) is 0 Å². The van der Waals surface area contributed by atoms with Gasteiger partial charge >= 0.3 is 5.69 Å². The third-order valence-corrected chi connectivity index (χ3v) is 1.91. The number of hydrogen-bond donors (Lipinski definition) is 1. The van der Waals surface area contributed by atoms with E-state index in [1.54, 1.807) is 12.3 Å². The smallest absolute Gasteiger partial charge is 0.353 e. The predicted molar refractivity (Wildman–Crippen MR) is 53.1 cm³/mol. The molecule has 0 fully saturated rings. The molecule has 13 heavy (non-hydrogen) atoms. The molecule has 1 rings (SSSR count). The molecule has 1 aromatic rings. The molecule has 0 aliphatic carbocycles. The van der Waals surface area contributed by atoms with Gasteiger partial charge in [-0.05, 0) is 26.8 Å². The number of rotatable bonds is 1.